The Kier molecular flexibility index (Phi) is 3.26. The molecule has 2 aliphatic rings. The zero-order valence-corrected chi connectivity index (χ0v) is 12.2. The Morgan fingerprint density at radius 3 is 2.32 bits per heavy atom. The number of fused-ring (bicyclic) bond motifs is 2. The Bertz CT molecular complexity index is 463. The first-order valence-electron chi connectivity index (χ1n) is 7.42. The molecule has 1 aromatic rings. The predicted octanol–water partition coefficient (Wildman–Crippen LogP) is 4.47. The summed E-state index contributed by atoms with van der Waals surface area (Å²) >= 11 is 0. The molecular weight excluding hydrogens is 232 g/mol. The van der Waals surface area contributed by atoms with E-state index in [1.165, 1.54) is 24.0 Å². The number of allylic oxidation sites excluding steroid dienone is 1. The van der Waals surface area contributed by atoms with E-state index in [1.807, 2.05) is 0 Å². The monoisotopic (exact) mass is 256 g/mol. The zero-order chi connectivity index (χ0) is 13.5. The van der Waals surface area contributed by atoms with Gasteiger partial charge >= 0.3 is 0 Å². The fourth-order valence-corrected chi connectivity index (χ4v) is 3.23. The van der Waals surface area contributed by atoms with E-state index in [2.05, 4.69) is 57.2 Å². The number of ether oxygens (including phenoxy) is 1. The average Bonchev–Trinajstić information content (AvgIpc) is 2.98. The van der Waals surface area contributed by atoms with Crippen LogP contribution in [0.3, 0.4) is 0 Å². The van der Waals surface area contributed by atoms with Crippen LogP contribution < -0.4 is 0 Å². The van der Waals surface area contributed by atoms with Crippen molar-refractivity contribution in [3.8, 4) is 0 Å². The summed E-state index contributed by atoms with van der Waals surface area (Å²) in [7, 11) is 0. The van der Waals surface area contributed by atoms with Crippen molar-refractivity contribution in [1.82, 2.24) is 0 Å². The van der Waals surface area contributed by atoms with E-state index in [-0.39, 0.29) is 5.41 Å². The normalized spacial score (nSPS) is 29.1. The summed E-state index contributed by atoms with van der Waals surface area (Å²) < 4.78 is 6.10. The van der Waals surface area contributed by atoms with Gasteiger partial charge in [-0.1, -0.05) is 57.2 Å². The summed E-state index contributed by atoms with van der Waals surface area (Å²) in [5.74, 6) is 1.47. The molecule has 0 N–H and O–H groups in total. The molecule has 3 rings (SSSR count). The number of hydrogen-bond donors (Lipinski definition) is 0. The topological polar surface area (TPSA) is 9.23 Å². The second kappa shape index (κ2) is 4.79. The summed E-state index contributed by atoms with van der Waals surface area (Å²) in [5, 5.41) is 0. The van der Waals surface area contributed by atoms with E-state index in [4.69, 9.17) is 4.74 Å². The van der Waals surface area contributed by atoms with Crippen LogP contribution in [0.25, 0.3) is 0 Å². The van der Waals surface area contributed by atoms with Gasteiger partial charge in [-0.05, 0) is 35.3 Å². The molecule has 1 fully saturated rings. The predicted molar refractivity (Wildman–Crippen MR) is 79.1 cm³/mol. The molecule has 1 aromatic carbocycles. The average molecular weight is 256 g/mol. The SMILES string of the molecule is CC(C)(C)c1ccc(CO[C@@H]2C[C@H]3C=C[C@@H]2C3)cc1. The quantitative estimate of drug-likeness (QED) is 0.725. The second-order valence-electron chi connectivity index (χ2n) is 7.08. The van der Waals surface area contributed by atoms with Crippen LogP contribution in [0.15, 0.2) is 36.4 Å². The summed E-state index contributed by atoms with van der Waals surface area (Å²) in [6.45, 7) is 7.51. The molecule has 0 aromatic heterocycles. The number of rotatable bonds is 3. The Morgan fingerprint density at radius 1 is 1.05 bits per heavy atom. The smallest absolute Gasteiger partial charge is 0.0720 e. The van der Waals surface area contributed by atoms with Crippen LogP contribution >= 0.6 is 0 Å². The maximum Gasteiger partial charge on any atom is 0.0720 e. The molecular formula is C18H24O. The molecule has 0 unspecified atom stereocenters. The Morgan fingerprint density at radius 2 is 1.79 bits per heavy atom. The molecule has 2 bridgehead atoms. The Hall–Kier alpha value is -1.08. The lowest BCUT2D eigenvalue weighted by molar-refractivity contribution is 0.0245. The van der Waals surface area contributed by atoms with Gasteiger partial charge in [-0.3, -0.25) is 0 Å². The van der Waals surface area contributed by atoms with Crippen LogP contribution in [0, 0.1) is 11.8 Å². The minimum absolute atomic E-state index is 0.231. The van der Waals surface area contributed by atoms with Crippen LogP contribution in [0.5, 0.6) is 0 Å². The van der Waals surface area contributed by atoms with Crippen molar-refractivity contribution in [2.45, 2.75) is 51.7 Å². The maximum absolute atomic E-state index is 6.10. The largest absolute Gasteiger partial charge is 0.373 e. The van der Waals surface area contributed by atoms with E-state index in [9.17, 15) is 0 Å². The van der Waals surface area contributed by atoms with E-state index < -0.39 is 0 Å². The molecule has 3 atom stereocenters. The van der Waals surface area contributed by atoms with Crippen molar-refractivity contribution >= 4 is 0 Å². The van der Waals surface area contributed by atoms with Crippen molar-refractivity contribution in [3.05, 3.63) is 47.5 Å². The lowest BCUT2D eigenvalue weighted by atomic mass is 9.87. The molecule has 0 spiro atoms. The fourth-order valence-electron chi connectivity index (χ4n) is 3.23. The van der Waals surface area contributed by atoms with Gasteiger partial charge in [0.1, 0.15) is 0 Å². The van der Waals surface area contributed by atoms with Crippen molar-refractivity contribution in [1.29, 1.82) is 0 Å². The molecule has 0 amide bonds. The van der Waals surface area contributed by atoms with Gasteiger partial charge in [0, 0.05) is 5.92 Å². The highest BCUT2D eigenvalue weighted by atomic mass is 16.5. The van der Waals surface area contributed by atoms with Gasteiger partial charge in [-0.2, -0.15) is 0 Å². The summed E-state index contributed by atoms with van der Waals surface area (Å²) in [4.78, 5) is 0. The van der Waals surface area contributed by atoms with E-state index in [0.29, 0.717) is 12.0 Å². The third kappa shape index (κ3) is 2.76. The van der Waals surface area contributed by atoms with E-state index in [0.717, 1.165) is 12.5 Å². The molecule has 2 aliphatic carbocycles. The molecule has 0 saturated heterocycles. The molecule has 1 heteroatoms. The van der Waals surface area contributed by atoms with Gasteiger partial charge in [-0.15, -0.1) is 0 Å². The first kappa shape index (κ1) is 12.9. The lowest BCUT2D eigenvalue weighted by Gasteiger charge is -2.21. The van der Waals surface area contributed by atoms with Gasteiger partial charge in [0.25, 0.3) is 0 Å². The molecule has 0 aliphatic heterocycles. The summed E-state index contributed by atoms with van der Waals surface area (Å²) in [6, 6.07) is 8.89. The minimum atomic E-state index is 0.231. The third-order valence-corrected chi connectivity index (χ3v) is 4.50. The van der Waals surface area contributed by atoms with Gasteiger partial charge in [0.15, 0.2) is 0 Å². The van der Waals surface area contributed by atoms with Gasteiger partial charge in [0.05, 0.1) is 12.7 Å². The Balaban J connectivity index is 1.57. The van der Waals surface area contributed by atoms with Crippen LogP contribution in [0.2, 0.25) is 0 Å². The first-order valence-corrected chi connectivity index (χ1v) is 7.42. The van der Waals surface area contributed by atoms with Gasteiger partial charge < -0.3 is 4.74 Å². The summed E-state index contributed by atoms with van der Waals surface area (Å²) in [6.07, 6.45) is 7.70. The highest BCUT2D eigenvalue weighted by Gasteiger charge is 2.36. The molecule has 1 nitrogen and oxygen atoms in total. The highest BCUT2D eigenvalue weighted by molar-refractivity contribution is 5.27. The molecule has 102 valence electrons. The molecule has 19 heavy (non-hydrogen) atoms. The van der Waals surface area contributed by atoms with Gasteiger partial charge in [-0.25, -0.2) is 0 Å². The Labute approximate surface area is 116 Å². The van der Waals surface area contributed by atoms with Crippen LogP contribution in [0.1, 0.15) is 44.7 Å². The van der Waals surface area contributed by atoms with Crippen molar-refractivity contribution in [3.63, 3.8) is 0 Å². The number of benzene rings is 1. The standard InChI is InChI=1S/C18H24O/c1-18(2,3)16-8-5-13(6-9-16)12-19-17-11-14-4-7-15(17)10-14/h4-9,14-15,17H,10-12H2,1-3H3/t14-,15+,17+/m0/s1. The number of hydrogen-bond acceptors (Lipinski definition) is 1. The lowest BCUT2D eigenvalue weighted by Crippen LogP contribution is -2.18. The van der Waals surface area contributed by atoms with Gasteiger partial charge in [0.2, 0.25) is 0 Å². The molecule has 0 radical (unpaired) electrons. The third-order valence-electron chi connectivity index (χ3n) is 4.50. The van der Waals surface area contributed by atoms with Crippen molar-refractivity contribution < 1.29 is 4.74 Å². The highest BCUT2D eigenvalue weighted by Crippen LogP contribution is 2.40. The summed E-state index contributed by atoms with van der Waals surface area (Å²) in [5.41, 5.74) is 2.91. The minimum Gasteiger partial charge on any atom is -0.373 e. The van der Waals surface area contributed by atoms with E-state index >= 15 is 0 Å². The second-order valence-corrected chi connectivity index (χ2v) is 7.08. The molecule has 0 heterocycles. The van der Waals surface area contributed by atoms with E-state index in [1.54, 1.807) is 0 Å². The zero-order valence-electron chi connectivity index (χ0n) is 12.2. The fraction of sp³-hybridized carbons (Fsp3) is 0.556. The van der Waals surface area contributed by atoms with Crippen molar-refractivity contribution in [2.24, 2.45) is 11.8 Å². The first-order chi connectivity index (χ1) is 9.02. The van der Waals surface area contributed by atoms with Crippen LogP contribution in [0.4, 0.5) is 0 Å². The maximum atomic E-state index is 6.10. The molecule has 1 saturated carbocycles. The van der Waals surface area contributed by atoms with Crippen LogP contribution in [-0.2, 0) is 16.8 Å². The van der Waals surface area contributed by atoms with Crippen LogP contribution in [-0.4, -0.2) is 6.10 Å². The van der Waals surface area contributed by atoms with Crippen molar-refractivity contribution in [2.75, 3.05) is 0 Å².